The Labute approximate surface area is 296 Å². The van der Waals surface area contributed by atoms with Crippen molar-refractivity contribution in [3.63, 3.8) is 0 Å². The van der Waals surface area contributed by atoms with Crippen molar-refractivity contribution >= 4 is 29.0 Å². The molecule has 4 heterocycles. The summed E-state index contributed by atoms with van der Waals surface area (Å²) in [5, 5.41) is 41.7. The fourth-order valence-electron chi connectivity index (χ4n) is 6.97. The zero-order chi connectivity index (χ0) is 35.7. The van der Waals surface area contributed by atoms with E-state index in [0.29, 0.717) is 67.7 Å². The smallest absolute Gasteiger partial charge is 0.407 e. The number of tetrazole rings is 1. The number of hydrogen-bond donors (Lipinski definition) is 4. The summed E-state index contributed by atoms with van der Waals surface area (Å²) in [5.41, 5.74) is 2.76. The molecule has 51 heavy (non-hydrogen) atoms. The minimum Gasteiger partial charge on any atom is -0.444 e. The lowest BCUT2D eigenvalue weighted by Gasteiger charge is -2.23. The van der Waals surface area contributed by atoms with E-state index in [9.17, 15) is 15.0 Å². The van der Waals surface area contributed by atoms with E-state index >= 15 is 0 Å². The topological polar surface area (TPSA) is 181 Å². The molecule has 2 aliphatic rings. The number of nitrogens with one attached hydrogen (secondary N) is 2. The maximum absolute atomic E-state index is 12.6. The molecule has 2 aromatic carbocycles. The van der Waals surface area contributed by atoms with Crippen LogP contribution >= 0.6 is 0 Å². The predicted octanol–water partition coefficient (Wildman–Crippen LogP) is 3.63. The summed E-state index contributed by atoms with van der Waals surface area (Å²) < 4.78 is 7.31. The van der Waals surface area contributed by atoms with Gasteiger partial charge in [0, 0.05) is 32.0 Å². The zero-order valence-corrected chi connectivity index (χ0v) is 29.3. The molecule has 5 atom stereocenters. The summed E-state index contributed by atoms with van der Waals surface area (Å²) in [5.74, 6) is 1.60. The second-order valence-corrected chi connectivity index (χ2v) is 14.3. The molecule has 1 saturated heterocycles. The van der Waals surface area contributed by atoms with Gasteiger partial charge in [0.15, 0.2) is 22.8 Å². The van der Waals surface area contributed by atoms with Crippen molar-refractivity contribution in [3.05, 3.63) is 83.9 Å². The Kier molecular flexibility index (Phi) is 9.57. The number of imidazole rings is 1. The molecule has 1 aliphatic heterocycles. The average molecular weight is 696 g/mol. The number of nitrogens with zero attached hydrogens (tertiary/aromatic N) is 9. The number of anilines is 2. The first-order valence-corrected chi connectivity index (χ1v) is 17.5. The Morgan fingerprint density at radius 2 is 1.69 bits per heavy atom. The molecule has 1 aliphatic carbocycles. The highest BCUT2D eigenvalue weighted by molar-refractivity contribution is 5.84. The highest BCUT2D eigenvalue weighted by atomic mass is 16.6. The number of hydrogen-bond acceptors (Lipinski definition) is 12. The van der Waals surface area contributed by atoms with Gasteiger partial charge >= 0.3 is 6.09 Å². The quantitative estimate of drug-likeness (QED) is 0.167. The fourth-order valence-corrected chi connectivity index (χ4v) is 6.97. The summed E-state index contributed by atoms with van der Waals surface area (Å²) in [4.78, 5) is 30.8. The number of aliphatic hydroxyl groups is 2. The normalized spacial score (nSPS) is 22.2. The number of carbonyl (C=O) groups is 1. The first-order chi connectivity index (χ1) is 24.6. The van der Waals surface area contributed by atoms with E-state index in [1.54, 1.807) is 6.33 Å². The summed E-state index contributed by atoms with van der Waals surface area (Å²) in [6.45, 7) is 9.06. The van der Waals surface area contributed by atoms with Crippen molar-refractivity contribution in [2.75, 3.05) is 29.9 Å². The third kappa shape index (κ3) is 7.35. The van der Waals surface area contributed by atoms with Crippen molar-refractivity contribution in [2.45, 2.75) is 88.8 Å². The Morgan fingerprint density at radius 1 is 1.00 bits per heavy atom. The van der Waals surface area contributed by atoms with Crippen molar-refractivity contribution in [3.8, 4) is 0 Å². The molecule has 0 unspecified atom stereocenters. The zero-order valence-electron chi connectivity index (χ0n) is 29.3. The molecule has 1 amide bonds. The minimum atomic E-state index is -1.13. The van der Waals surface area contributed by atoms with Gasteiger partial charge < -0.3 is 35.1 Å². The van der Waals surface area contributed by atoms with Gasteiger partial charge in [-0.1, -0.05) is 67.6 Å². The molecule has 15 heteroatoms. The van der Waals surface area contributed by atoms with Gasteiger partial charge in [-0.15, -0.1) is 10.2 Å². The number of benzene rings is 2. The van der Waals surface area contributed by atoms with E-state index in [1.165, 1.54) is 4.80 Å². The second-order valence-electron chi connectivity index (χ2n) is 14.3. The van der Waals surface area contributed by atoms with Crippen LogP contribution in [0.4, 0.5) is 16.6 Å². The number of carbonyl (C=O) groups excluding carboxylic acids is 1. The second kappa shape index (κ2) is 14.2. The van der Waals surface area contributed by atoms with E-state index in [-0.39, 0.29) is 12.0 Å². The molecule has 3 aromatic heterocycles. The Balaban J connectivity index is 1.22. The molecule has 0 spiro atoms. The molecule has 268 valence electrons. The first-order valence-electron chi connectivity index (χ1n) is 17.5. The lowest BCUT2D eigenvalue weighted by Crippen LogP contribution is -2.40. The highest BCUT2D eigenvalue weighted by Gasteiger charge is 2.45. The van der Waals surface area contributed by atoms with E-state index < -0.39 is 36.0 Å². The molecule has 7 rings (SSSR count). The molecule has 2 fully saturated rings. The molecular weight excluding hydrogens is 650 g/mol. The van der Waals surface area contributed by atoms with Crippen LogP contribution in [0.3, 0.4) is 0 Å². The molecule has 0 bridgehead atoms. The summed E-state index contributed by atoms with van der Waals surface area (Å²) in [6.07, 6.45) is 0.560. The van der Waals surface area contributed by atoms with E-state index in [2.05, 4.69) is 50.3 Å². The Bertz CT molecular complexity index is 1910. The van der Waals surface area contributed by atoms with Crippen LogP contribution in [-0.2, 0) is 11.2 Å². The molecule has 0 radical (unpaired) electrons. The van der Waals surface area contributed by atoms with Crippen LogP contribution in [0.15, 0.2) is 67.0 Å². The van der Waals surface area contributed by atoms with Crippen LogP contribution in [0, 0.1) is 0 Å². The Hall–Kier alpha value is -5.15. The van der Waals surface area contributed by atoms with Crippen LogP contribution in [0.25, 0.3) is 11.2 Å². The van der Waals surface area contributed by atoms with Crippen LogP contribution in [0.2, 0.25) is 0 Å². The number of aryl methyl sites for hydroxylation is 1. The maximum atomic E-state index is 12.6. The first kappa shape index (κ1) is 34.3. The van der Waals surface area contributed by atoms with Crippen molar-refractivity contribution in [1.29, 1.82) is 0 Å². The van der Waals surface area contributed by atoms with Crippen LogP contribution in [0.1, 0.15) is 75.5 Å². The number of aliphatic hydroxyl groups excluding tert-OH is 2. The Morgan fingerprint density at radius 3 is 2.33 bits per heavy atom. The van der Waals surface area contributed by atoms with Crippen LogP contribution in [-0.4, -0.2) is 99.5 Å². The van der Waals surface area contributed by atoms with Crippen molar-refractivity contribution in [1.82, 2.24) is 45.0 Å². The van der Waals surface area contributed by atoms with E-state index in [1.807, 2.05) is 73.6 Å². The molecule has 4 N–H and O–H groups in total. The summed E-state index contributed by atoms with van der Waals surface area (Å²) in [6, 6.07) is 19.3. The lowest BCUT2D eigenvalue weighted by molar-refractivity contribution is 0.00473. The molecular formula is C36H45N11O4. The number of rotatable bonds is 10. The standard InChI is InChI=1S/C36H45N11O4/c1-5-28-42-44-47(43-28)27-18-26(30(48)31(27)49)46-21-38-29-32(37-19-25(22-12-8-6-9-13-22)23-14-10-7-11-15-23)40-34(41-33(29)46)45-17-16-24(20-45)39-35(50)51-36(2,3)4/h6-15,21,24-27,30-31,48-49H,5,16-20H2,1-4H3,(H,39,50)(H,37,40,41)/t24-,26-,27+,30+,31-/m1/s1. The van der Waals surface area contributed by atoms with Gasteiger partial charge in [-0.25, -0.2) is 9.78 Å². The number of fused-ring (bicyclic) bond motifs is 1. The predicted molar refractivity (Wildman–Crippen MR) is 190 cm³/mol. The van der Waals surface area contributed by atoms with Gasteiger partial charge in [0.25, 0.3) is 0 Å². The van der Waals surface area contributed by atoms with Gasteiger partial charge in [0.1, 0.15) is 23.9 Å². The van der Waals surface area contributed by atoms with Gasteiger partial charge in [-0.2, -0.15) is 14.8 Å². The third-order valence-electron chi connectivity index (χ3n) is 9.54. The van der Waals surface area contributed by atoms with Gasteiger partial charge in [-0.3, -0.25) is 0 Å². The lowest BCUT2D eigenvalue weighted by atomic mass is 9.91. The average Bonchev–Trinajstić information content (AvgIpc) is 3.92. The van der Waals surface area contributed by atoms with Crippen molar-refractivity contribution in [2.24, 2.45) is 0 Å². The van der Waals surface area contributed by atoms with Gasteiger partial charge in [0.2, 0.25) is 5.95 Å². The van der Waals surface area contributed by atoms with Gasteiger partial charge in [-0.05, 0) is 50.0 Å². The maximum Gasteiger partial charge on any atom is 0.407 e. The number of aromatic nitrogens is 8. The largest absolute Gasteiger partial charge is 0.444 e. The van der Waals surface area contributed by atoms with E-state index in [0.717, 1.165) is 11.1 Å². The van der Waals surface area contributed by atoms with Crippen LogP contribution < -0.4 is 15.5 Å². The number of amides is 1. The molecule has 15 nitrogen and oxygen atoms in total. The highest BCUT2D eigenvalue weighted by Crippen LogP contribution is 2.40. The fraction of sp³-hybridized carbons (Fsp3) is 0.472. The SMILES string of the molecule is CCc1nnn([C@H]2C[C@@H](n3cnc4c(NCC(c5ccccc5)c5ccccc5)nc(N5CC[C@@H](NC(=O)OC(C)(C)C)C5)nc43)[C@H](O)[C@@H]2O)n1. The minimum absolute atomic E-state index is 0.0212. The summed E-state index contributed by atoms with van der Waals surface area (Å²) >= 11 is 0. The summed E-state index contributed by atoms with van der Waals surface area (Å²) in [7, 11) is 0. The molecule has 5 aromatic rings. The molecule has 1 saturated carbocycles. The number of ether oxygens (including phenoxy) is 1. The van der Waals surface area contributed by atoms with Crippen LogP contribution in [0.5, 0.6) is 0 Å². The third-order valence-corrected chi connectivity index (χ3v) is 9.54. The van der Waals surface area contributed by atoms with Gasteiger partial charge in [0.05, 0.1) is 18.4 Å². The van der Waals surface area contributed by atoms with E-state index in [4.69, 9.17) is 19.7 Å². The number of alkyl carbamates (subject to hydrolysis) is 1. The monoisotopic (exact) mass is 695 g/mol. The van der Waals surface area contributed by atoms with Crippen molar-refractivity contribution < 1.29 is 19.7 Å².